The molecule has 0 aromatic carbocycles. The van der Waals surface area contributed by atoms with Gasteiger partial charge in [0.15, 0.2) is 0 Å². The van der Waals surface area contributed by atoms with E-state index < -0.39 is 0 Å². The maximum Gasteiger partial charge on any atom is 0.126 e. The summed E-state index contributed by atoms with van der Waals surface area (Å²) in [6, 6.07) is 3.88. The number of nitrogens with two attached hydrogens (primary N) is 1. The van der Waals surface area contributed by atoms with Crippen LogP contribution in [0.25, 0.3) is 0 Å². The number of pyridine rings is 1. The lowest BCUT2D eigenvalue weighted by atomic mass is 9.85. The van der Waals surface area contributed by atoms with Crippen molar-refractivity contribution in [3.05, 3.63) is 23.9 Å². The first-order valence-electron chi connectivity index (χ1n) is 7.85. The summed E-state index contributed by atoms with van der Waals surface area (Å²) in [6.45, 7) is 2.28. The monoisotopic (exact) mass is 275 g/mol. The maximum absolute atomic E-state index is 10.9. The van der Waals surface area contributed by atoms with Crippen LogP contribution in [-0.2, 0) is 6.42 Å². The normalized spacial score (nSPS) is 24.1. The summed E-state index contributed by atoms with van der Waals surface area (Å²) in [6.07, 6.45) is 9.23. The van der Waals surface area contributed by atoms with Gasteiger partial charge < -0.3 is 10.8 Å². The van der Waals surface area contributed by atoms with Gasteiger partial charge in [0, 0.05) is 18.2 Å². The molecule has 3 N–H and O–H groups in total. The topological polar surface area (TPSA) is 62.4 Å². The van der Waals surface area contributed by atoms with Crippen LogP contribution >= 0.6 is 0 Å². The summed E-state index contributed by atoms with van der Waals surface area (Å²) >= 11 is 0. The molecule has 0 bridgehead atoms. The number of hydrogen-bond acceptors (Lipinski definition) is 4. The second-order valence-electron chi connectivity index (χ2n) is 6.27. The number of likely N-dealkylation sites (tertiary alicyclic amines) is 1. The van der Waals surface area contributed by atoms with E-state index in [-0.39, 0.29) is 11.6 Å². The molecule has 0 radical (unpaired) electrons. The van der Waals surface area contributed by atoms with Gasteiger partial charge in [0.05, 0.1) is 6.10 Å². The molecular formula is C16H25N3O. The zero-order valence-corrected chi connectivity index (χ0v) is 12.1. The minimum atomic E-state index is -0.338. The number of aromatic nitrogens is 1. The number of anilines is 1. The average Bonchev–Trinajstić information content (AvgIpc) is 3.12. The van der Waals surface area contributed by atoms with Gasteiger partial charge in [0.1, 0.15) is 5.82 Å². The van der Waals surface area contributed by atoms with Crippen molar-refractivity contribution in [2.24, 2.45) is 0 Å². The predicted molar refractivity (Wildman–Crippen MR) is 80.4 cm³/mol. The third-order valence-electron chi connectivity index (χ3n) is 5.16. The van der Waals surface area contributed by atoms with Crippen molar-refractivity contribution in [3.8, 4) is 0 Å². The van der Waals surface area contributed by atoms with Crippen molar-refractivity contribution in [1.82, 2.24) is 9.88 Å². The quantitative estimate of drug-likeness (QED) is 0.882. The molecule has 1 aliphatic carbocycles. The molecule has 110 valence electrons. The van der Waals surface area contributed by atoms with Crippen LogP contribution in [0.15, 0.2) is 18.3 Å². The average molecular weight is 275 g/mol. The summed E-state index contributed by atoms with van der Waals surface area (Å²) in [4.78, 5) is 6.67. The number of aliphatic hydroxyl groups is 1. The molecule has 1 aromatic rings. The largest absolute Gasteiger partial charge is 0.391 e. The molecule has 20 heavy (non-hydrogen) atoms. The Morgan fingerprint density at radius 1 is 1.25 bits per heavy atom. The summed E-state index contributed by atoms with van der Waals surface area (Å²) in [7, 11) is 0. The van der Waals surface area contributed by atoms with Gasteiger partial charge in [-0.05, 0) is 50.4 Å². The molecule has 2 aliphatic rings. The molecule has 1 saturated heterocycles. The lowest BCUT2D eigenvalue weighted by Crippen LogP contribution is -2.54. The van der Waals surface area contributed by atoms with Crippen molar-refractivity contribution in [2.45, 2.75) is 56.6 Å². The van der Waals surface area contributed by atoms with Gasteiger partial charge >= 0.3 is 0 Å². The van der Waals surface area contributed by atoms with E-state index in [1.165, 1.54) is 25.7 Å². The van der Waals surface area contributed by atoms with Crippen molar-refractivity contribution in [3.63, 3.8) is 0 Å². The smallest absolute Gasteiger partial charge is 0.126 e. The van der Waals surface area contributed by atoms with E-state index >= 15 is 0 Å². The van der Waals surface area contributed by atoms with Crippen molar-refractivity contribution >= 4 is 5.82 Å². The Balaban J connectivity index is 1.79. The van der Waals surface area contributed by atoms with E-state index in [0.29, 0.717) is 12.2 Å². The molecule has 1 atom stereocenters. The minimum Gasteiger partial charge on any atom is -0.391 e. The molecule has 1 saturated carbocycles. The fourth-order valence-corrected chi connectivity index (χ4v) is 4.03. The Morgan fingerprint density at radius 3 is 2.60 bits per heavy atom. The third-order valence-corrected chi connectivity index (χ3v) is 5.16. The van der Waals surface area contributed by atoms with Crippen LogP contribution in [0.2, 0.25) is 0 Å². The molecule has 0 spiro atoms. The summed E-state index contributed by atoms with van der Waals surface area (Å²) in [5, 5.41) is 10.9. The van der Waals surface area contributed by atoms with Crippen molar-refractivity contribution < 1.29 is 5.11 Å². The Morgan fingerprint density at radius 2 is 1.95 bits per heavy atom. The van der Waals surface area contributed by atoms with E-state index in [4.69, 9.17) is 5.73 Å². The second-order valence-corrected chi connectivity index (χ2v) is 6.27. The van der Waals surface area contributed by atoms with Crippen molar-refractivity contribution in [1.29, 1.82) is 0 Å². The molecular weight excluding hydrogens is 250 g/mol. The van der Waals surface area contributed by atoms with Gasteiger partial charge in [-0.1, -0.05) is 18.9 Å². The molecule has 0 amide bonds. The molecule has 1 aliphatic heterocycles. The zero-order valence-electron chi connectivity index (χ0n) is 12.1. The van der Waals surface area contributed by atoms with Gasteiger partial charge in [-0.15, -0.1) is 0 Å². The molecule has 4 heteroatoms. The molecule has 3 rings (SSSR count). The van der Waals surface area contributed by atoms with Gasteiger partial charge in [-0.3, -0.25) is 4.90 Å². The third kappa shape index (κ3) is 2.42. The Bertz CT molecular complexity index is 451. The number of nitrogen functional groups attached to an aromatic ring is 1. The number of rotatable bonds is 4. The van der Waals surface area contributed by atoms with E-state index in [2.05, 4.69) is 9.88 Å². The van der Waals surface area contributed by atoms with E-state index in [1.54, 1.807) is 6.20 Å². The van der Waals surface area contributed by atoms with Gasteiger partial charge in [0.25, 0.3) is 0 Å². The highest BCUT2D eigenvalue weighted by Crippen LogP contribution is 2.41. The highest BCUT2D eigenvalue weighted by atomic mass is 16.3. The molecule has 2 fully saturated rings. The zero-order chi connectivity index (χ0) is 14.0. The van der Waals surface area contributed by atoms with E-state index in [9.17, 15) is 5.11 Å². The number of nitrogens with zero attached hydrogens (tertiary/aromatic N) is 2. The van der Waals surface area contributed by atoms with Crippen LogP contribution in [0, 0.1) is 0 Å². The van der Waals surface area contributed by atoms with Crippen molar-refractivity contribution in [2.75, 3.05) is 18.8 Å². The summed E-state index contributed by atoms with van der Waals surface area (Å²) in [5.74, 6) is 0.557. The summed E-state index contributed by atoms with van der Waals surface area (Å²) < 4.78 is 0. The SMILES string of the molecule is Nc1ncccc1CC(O)C1(N2CCCC2)CCCC1. The van der Waals surface area contributed by atoms with Crippen LogP contribution in [0.4, 0.5) is 5.82 Å². The first-order chi connectivity index (χ1) is 9.72. The lowest BCUT2D eigenvalue weighted by molar-refractivity contribution is -0.0171. The molecule has 2 heterocycles. The minimum absolute atomic E-state index is 0.0151. The molecule has 1 unspecified atom stereocenters. The van der Waals surface area contributed by atoms with Crippen LogP contribution < -0.4 is 5.73 Å². The fraction of sp³-hybridized carbons (Fsp3) is 0.688. The highest BCUT2D eigenvalue weighted by Gasteiger charge is 2.46. The van der Waals surface area contributed by atoms with Gasteiger partial charge in [0.2, 0.25) is 0 Å². The highest BCUT2D eigenvalue weighted by molar-refractivity contribution is 5.39. The standard InChI is InChI=1S/C16H25N3O/c17-15-13(6-5-9-18-15)12-14(20)16(7-1-2-8-16)19-10-3-4-11-19/h5-6,9,14,20H,1-4,7-8,10-12H2,(H2,17,18). The van der Waals surface area contributed by atoms with Crippen LogP contribution in [0.5, 0.6) is 0 Å². The molecule has 4 nitrogen and oxygen atoms in total. The summed E-state index contributed by atoms with van der Waals surface area (Å²) in [5.41, 5.74) is 6.89. The first-order valence-corrected chi connectivity index (χ1v) is 7.85. The molecule has 1 aromatic heterocycles. The number of aliphatic hydroxyl groups excluding tert-OH is 1. The lowest BCUT2D eigenvalue weighted by Gasteiger charge is -2.42. The predicted octanol–water partition coefficient (Wildman–Crippen LogP) is 1.98. The van der Waals surface area contributed by atoms with Gasteiger partial charge in [-0.2, -0.15) is 0 Å². The van der Waals surface area contributed by atoms with Crippen LogP contribution in [0.1, 0.15) is 44.1 Å². The van der Waals surface area contributed by atoms with Crippen LogP contribution in [-0.4, -0.2) is 39.7 Å². The van der Waals surface area contributed by atoms with Crippen LogP contribution in [0.3, 0.4) is 0 Å². The second kappa shape index (κ2) is 5.70. The Kier molecular flexibility index (Phi) is 3.94. The Hall–Kier alpha value is -1.13. The maximum atomic E-state index is 10.9. The van der Waals surface area contributed by atoms with Gasteiger partial charge in [-0.25, -0.2) is 4.98 Å². The Labute approximate surface area is 121 Å². The fourth-order valence-electron chi connectivity index (χ4n) is 4.03. The van der Waals surface area contributed by atoms with E-state index in [1.807, 2.05) is 12.1 Å². The number of hydrogen-bond donors (Lipinski definition) is 2. The van der Waals surface area contributed by atoms with E-state index in [0.717, 1.165) is 31.5 Å². The first kappa shape index (κ1) is 13.8.